The second-order valence-corrected chi connectivity index (χ2v) is 11.5. The number of benzene rings is 3. The zero-order valence-corrected chi connectivity index (χ0v) is 22.1. The molecular formula is C25H26Cl2N2O3S2. The molecular weight excluding hydrogens is 511 g/mol. The second kappa shape index (κ2) is 12.0. The first kappa shape index (κ1) is 26.4. The van der Waals surface area contributed by atoms with Gasteiger partial charge in [0.05, 0.1) is 10.6 Å². The highest BCUT2D eigenvalue weighted by molar-refractivity contribution is 7.98. The van der Waals surface area contributed by atoms with Gasteiger partial charge in [-0.3, -0.25) is 9.10 Å². The van der Waals surface area contributed by atoms with Gasteiger partial charge in [-0.05, 0) is 73.0 Å². The van der Waals surface area contributed by atoms with Crippen LogP contribution in [0.15, 0.2) is 71.6 Å². The van der Waals surface area contributed by atoms with Gasteiger partial charge in [-0.15, -0.1) is 0 Å². The number of rotatable bonds is 10. The topological polar surface area (TPSA) is 66.5 Å². The number of aryl methyl sites for hydroxylation is 2. The molecule has 1 N–H and O–H groups in total. The lowest BCUT2D eigenvalue weighted by atomic mass is 10.1. The number of nitrogens with zero attached hydrogens (tertiary/aromatic N) is 1. The molecule has 3 rings (SSSR count). The molecule has 34 heavy (non-hydrogen) atoms. The van der Waals surface area contributed by atoms with Gasteiger partial charge in [0.1, 0.15) is 6.54 Å². The molecule has 0 unspecified atom stereocenters. The lowest BCUT2D eigenvalue weighted by Gasteiger charge is -2.25. The summed E-state index contributed by atoms with van der Waals surface area (Å²) in [5.41, 5.74) is 3.44. The van der Waals surface area contributed by atoms with Crippen LogP contribution in [0.1, 0.15) is 16.7 Å². The van der Waals surface area contributed by atoms with Crippen LogP contribution in [0.5, 0.6) is 0 Å². The van der Waals surface area contributed by atoms with Crippen molar-refractivity contribution in [2.24, 2.45) is 0 Å². The Kier molecular flexibility index (Phi) is 9.31. The molecule has 0 fully saturated rings. The van der Waals surface area contributed by atoms with E-state index < -0.39 is 10.0 Å². The maximum absolute atomic E-state index is 13.4. The van der Waals surface area contributed by atoms with E-state index in [0.717, 1.165) is 31.8 Å². The number of thioether (sulfide) groups is 1. The van der Waals surface area contributed by atoms with Crippen molar-refractivity contribution >= 4 is 56.6 Å². The first-order chi connectivity index (χ1) is 16.2. The summed E-state index contributed by atoms with van der Waals surface area (Å²) in [6, 6.07) is 18.9. The molecule has 0 atom stereocenters. The fourth-order valence-corrected chi connectivity index (χ4v) is 5.86. The van der Waals surface area contributed by atoms with Gasteiger partial charge in [0.15, 0.2) is 0 Å². The number of hydrogen-bond donors (Lipinski definition) is 1. The average molecular weight is 538 g/mol. The zero-order valence-electron chi connectivity index (χ0n) is 18.9. The molecule has 0 heterocycles. The zero-order chi connectivity index (χ0) is 24.7. The summed E-state index contributed by atoms with van der Waals surface area (Å²) in [5, 5.41) is 3.97. The number of amides is 1. The van der Waals surface area contributed by atoms with Crippen molar-refractivity contribution in [3.63, 3.8) is 0 Å². The van der Waals surface area contributed by atoms with E-state index in [1.807, 2.05) is 44.2 Å². The Labute approximate surface area is 215 Å². The number of carbonyl (C=O) groups excluding carboxylic acids is 1. The molecule has 1 amide bonds. The minimum absolute atomic E-state index is 0.0678. The summed E-state index contributed by atoms with van der Waals surface area (Å²) in [5.74, 6) is 1.02. The number of carbonyl (C=O) groups is 1. The highest BCUT2D eigenvalue weighted by Crippen LogP contribution is 2.26. The molecule has 0 bridgehead atoms. The molecule has 5 nitrogen and oxygen atoms in total. The van der Waals surface area contributed by atoms with E-state index in [4.69, 9.17) is 23.2 Å². The third-order valence-corrected chi connectivity index (χ3v) is 8.67. The van der Waals surface area contributed by atoms with Crippen molar-refractivity contribution in [3.8, 4) is 0 Å². The summed E-state index contributed by atoms with van der Waals surface area (Å²) < 4.78 is 28.0. The minimum Gasteiger partial charge on any atom is -0.354 e. The molecule has 0 aliphatic heterocycles. The molecule has 180 valence electrons. The van der Waals surface area contributed by atoms with Gasteiger partial charge in [-0.2, -0.15) is 11.8 Å². The van der Waals surface area contributed by atoms with Crippen molar-refractivity contribution in [1.82, 2.24) is 5.32 Å². The van der Waals surface area contributed by atoms with E-state index >= 15 is 0 Å². The van der Waals surface area contributed by atoms with Gasteiger partial charge < -0.3 is 5.32 Å². The number of sulfonamides is 1. The SMILES string of the molecule is Cc1ccc(N(CC(=O)NCCSCc2ccccc2Cl)S(=O)(=O)c2ccc(Cl)cc2)cc1C. The Morgan fingerprint density at radius 2 is 1.68 bits per heavy atom. The highest BCUT2D eigenvalue weighted by atomic mass is 35.5. The molecule has 0 radical (unpaired) electrons. The molecule has 0 aliphatic rings. The van der Waals surface area contributed by atoms with Crippen LogP contribution < -0.4 is 9.62 Å². The summed E-state index contributed by atoms with van der Waals surface area (Å²) in [6.45, 7) is 3.94. The lowest BCUT2D eigenvalue weighted by molar-refractivity contribution is -0.119. The van der Waals surface area contributed by atoms with Crippen LogP contribution in [0.25, 0.3) is 0 Å². The van der Waals surface area contributed by atoms with Crippen LogP contribution in [0.3, 0.4) is 0 Å². The fraction of sp³-hybridized carbons (Fsp3) is 0.240. The molecule has 3 aromatic carbocycles. The summed E-state index contributed by atoms with van der Waals surface area (Å²) in [7, 11) is -3.98. The maximum atomic E-state index is 13.4. The fourth-order valence-electron chi connectivity index (χ4n) is 3.18. The predicted molar refractivity (Wildman–Crippen MR) is 143 cm³/mol. The van der Waals surface area contributed by atoms with Crippen LogP contribution in [-0.4, -0.2) is 33.2 Å². The average Bonchev–Trinajstić information content (AvgIpc) is 2.80. The van der Waals surface area contributed by atoms with E-state index in [2.05, 4.69) is 5.32 Å². The monoisotopic (exact) mass is 536 g/mol. The van der Waals surface area contributed by atoms with Gasteiger partial charge in [0, 0.05) is 28.1 Å². The summed E-state index contributed by atoms with van der Waals surface area (Å²) in [4.78, 5) is 12.8. The Morgan fingerprint density at radius 3 is 2.35 bits per heavy atom. The Hall–Kier alpha value is -2.19. The van der Waals surface area contributed by atoms with Crippen molar-refractivity contribution in [2.75, 3.05) is 23.1 Å². The van der Waals surface area contributed by atoms with Crippen molar-refractivity contribution < 1.29 is 13.2 Å². The quantitative estimate of drug-likeness (QED) is 0.329. The van der Waals surface area contributed by atoms with Gasteiger partial charge in [-0.1, -0.05) is 47.5 Å². The van der Waals surface area contributed by atoms with Crippen LogP contribution in [0.4, 0.5) is 5.69 Å². The molecule has 0 spiro atoms. The van der Waals surface area contributed by atoms with E-state index in [1.165, 1.54) is 24.3 Å². The number of nitrogens with one attached hydrogen (secondary N) is 1. The minimum atomic E-state index is -3.98. The lowest BCUT2D eigenvalue weighted by Crippen LogP contribution is -2.41. The third-order valence-electron chi connectivity index (χ3n) is 5.25. The summed E-state index contributed by atoms with van der Waals surface area (Å²) in [6.07, 6.45) is 0. The van der Waals surface area contributed by atoms with Crippen molar-refractivity contribution in [3.05, 3.63) is 93.5 Å². The number of anilines is 1. The maximum Gasteiger partial charge on any atom is 0.264 e. The van der Waals surface area contributed by atoms with Crippen LogP contribution >= 0.6 is 35.0 Å². The Morgan fingerprint density at radius 1 is 0.971 bits per heavy atom. The number of hydrogen-bond acceptors (Lipinski definition) is 4. The second-order valence-electron chi connectivity index (χ2n) is 7.73. The smallest absolute Gasteiger partial charge is 0.264 e. The molecule has 9 heteroatoms. The van der Waals surface area contributed by atoms with Crippen molar-refractivity contribution in [1.29, 1.82) is 0 Å². The van der Waals surface area contributed by atoms with Crippen LogP contribution in [-0.2, 0) is 20.6 Å². The molecule has 0 aliphatic carbocycles. The van der Waals surface area contributed by atoms with E-state index in [0.29, 0.717) is 23.0 Å². The van der Waals surface area contributed by atoms with Crippen molar-refractivity contribution in [2.45, 2.75) is 24.5 Å². The Bertz CT molecular complexity index is 1250. The van der Waals surface area contributed by atoms with Gasteiger partial charge in [0.25, 0.3) is 10.0 Å². The van der Waals surface area contributed by atoms with E-state index in [1.54, 1.807) is 23.9 Å². The number of halogens is 2. The van der Waals surface area contributed by atoms with Gasteiger partial charge in [-0.25, -0.2) is 8.42 Å². The van der Waals surface area contributed by atoms with E-state index in [-0.39, 0.29) is 17.3 Å². The first-order valence-corrected chi connectivity index (χ1v) is 14.0. The van der Waals surface area contributed by atoms with Crippen LogP contribution in [0.2, 0.25) is 10.0 Å². The summed E-state index contributed by atoms with van der Waals surface area (Å²) >= 11 is 13.7. The highest BCUT2D eigenvalue weighted by Gasteiger charge is 2.27. The van der Waals surface area contributed by atoms with Crippen LogP contribution in [0, 0.1) is 13.8 Å². The van der Waals surface area contributed by atoms with E-state index in [9.17, 15) is 13.2 Å². The third kappa shape index (κ3) is 6.92. The first-order valence-electron chi connectivity index (χ1n) is 10.6. The van der Waals surface area contributed by atoms with Gasteiger partial charge in [0.2, 0.25) is 5.91 Å². The molecule has 0 aromatic heterocycles. The molecule has 0 saturated heterocycles. The molecule has 0 saturated carbocycles. The predicted octanol–water partition coefficient (Wildman–Crippen LogP) is 5.86. The standard InChI is InChI=1S/C25H26Cl2N2O3S2/c1-18-7-10-22(15-19(18)2)29(34(31,32)23-11-8-21(26)9-12-23)16-25(30)28-13-14-33-17-20-5-3-4-6-24(20)27/h3-12,15H,13-14,16-17H2,1-2H3,(H,28,30). The Balaban J connectivity index is 1.68. The largest absolute Gasteiger partial charge is 0.354 e. The normalized spacial score (nSPS) is 11.3. The van der Waals surface area contributed by atoms with Gasteiger partial charge >= 0.3 is 0 Å². The molecule has 3 aromatic rings.